The summed E-state index contributed by atoms with van der Waals surface area (Å²) in [5, 5.41) is 0. The number of rotatable bonds is 3. The minimum absolute atomic E-state index is 0.0686. The first-order chi connectivity index (χ1) is 11.7. The number of hydrogen-bond acceptors (Lipinski definition) is 5. The summed E-state index contributed by atoms with van der Waals surface area (Å²) >= 11 is 5.04. The predicted molar refractivity (Wildman–Crippen MR) is 95.7 cm³/mol. The summed E-state index contributed by atoms with van der Waals surface area (Å²) in [6, 6.07) is 4.27. The molecule has 2 N–H and O–H groups in total. The molecule has 4 rings (SSSR count). The Hall–Kier alpha value is -1.99. The SMILES string of the molecule is O=c1[nH]c(=S)[nH]c2c1CN(Cc1ccc(N3CCCC3)nc1)CC2. The van der Waals surface area contributed by atoms with Crippen LogP contribution in [-0.4, -0.2) is 39.5 Å². The summed E-state index contributed by atoms with van der Waals surface area (Å²) in [6.45, 7) is 4.58. The molecule has 0 radical (unpaired) electrons. The van der Waals surface area contributed by atoms with Crippen LogP contribution in [0.25, 0.3) is 0 Å². The second-order valence-corrected chi connectivity index (χ2v) is 6.95. The zero-order chi connectivity index (χ0) is 16.5. The summed E-state index contributed by atoms with van der Waals surface area (Å²) in [4.78, 5) is 27.1. The van der Waals surface area contributed by atoms with E-state index in [0.29, 0.717) is 11.3 Å². The molecule has 6 nitrogen and oxygen atoms in total. The molecule has 4 heterocycles. The number of hydrogen-bond donors (Lipinski definition) is 2. The van der Waals surface area contributed by atoms with Gasteiger partial charge in [0.25, 0.3) is 5.56 Å². The van der Waals surface area contributed by atoms with Gasteiger partial charge in [0.1, 0.15) is 5.82 Å². The molecule has 0 spiro atoms. The molecule has 1 saturated heterocycles. The third-order valence-corrected chi connectivity index (χ3v) is 5.04. The molecule has 0 aromatic carbocycles. The Morgan fingerprint density at radius 1 is 1.17 bits per heavy atom. The zero-order valence-electron chi connectivity index (χ0n) is 13.5. The Bertz CT molecular complexity index is 835. The molecule has 2 aromatic heterocycles. The van der Waals surface area contributed by atoms with Gasteiger partial charge in [-0.3, -0.25) is 14.7 Å². The van der Waals surface area contributed by atoms with E-state index in [0.717, 1.165) is 49.7 Å². The highest BCUT2D eigenvalue weighted by Gasteiger charge is 2.20. The molecule has 7 heteroatoms. The van der Waals surface area contributed by atoms with E-state index in [1.54, 1.807) is 0 Å². The predicted octanol–water partition coefficient (Wildman–Crippen LogP) is 1.99. The molecular formula is C17H21N5OS. The van der Waals surface area contributed by atoms with Crippen LogP contribution in [0.1, 0.15) is 29.7 Å². The van der Waals surface area contributed by atoms with Crippen LogP contribution in [0, 0.1) is 4.77 Å². The molecule has 0 saturated carbocycles. The molecular weight excluding hydrogens is 322 g/mol. The molecule has 1 fully saturated rings. The molecule has 2 aliphatic rings. The lowest BCUT2D eigenvalue weighted by molar-refractivity contribution is 0.241. The van der Waals surface area contributed by atoms with Crippen molar-refractivity contribution >= 4 is 18.0 Å². The maximum absolute atomic E-state index is 12.1. The van der Waals surface area contributed by atoms with Gasteiger partial charge in [-0.1, -0.05) is 6.07 Å². The number of aromatic amines is 2. The van der Waals surface area contributed by atoms with Crippen molar-refractivity contribution in [3.8, 4) is 0 Å². The van der Waals surface area contributed by atoms with Gasteiger partial charge in [0.15, 0.2) is 4.77 Å². The van der Waals surface area contributed by atoms with Crippen LogP contribution < -0.4 is 10.5 Å². The summed E-state index contributed by atoms with van der Waals surface area (Å²) < 4.78 is 0.411. The summed E-state index contributed by atoms with van der Waals surface area (Å²) in [6.07, 6.45) is 5.30. The molecule has 0 unspecified atom stereocenters. The van der Waals surface area contributed by atoms with Gasteiger partial charge in [0.05, 0.1) is 5.56 Å². The highest BCUT2D eigenvalue weighted by atomic mass is 32.1. The van der Waals surface area contributed by atoms with Crippen LogP contribution in [0.15, 0.2) is 23.1 Å². The number of nitrogens with one attached hydrogen (secondary N) is 2. The van der Waals surface area contributed by atoms with Gasteiger partial charge in [-0.25, -0.2) is 4.98 Å². The van der Waals surface area contributed by atoms with Crippen molar-refractivity contribution < 1.29 is 0 Å². The van der Waals surface area contributed by atoms with Crippen molar-refractivity contribution in [1.82, 2.24) is 19.9 Å². The average Bonchev–Trinajstić information content (AvgIpc) is 3.11. The molecule has 0 bridgehead atoms. The average molecular weight is 343 g/mol. The van der Waals surface area contributed by atoms with E-state index < -0.39 is 0 Å². The molecule has 0 amide bonds. The summed E-state index contributed by atoms with van der Waals surface area (Å²) in [5.41, 5.74) is 2.89. The number of nitrogens with zero attached hydrogens (tertiary/aromatic N) is 3. The first-order valence-electron chi connectivity index (χ1n) is 8.45. The lowest BCUT2D eigenvalue weighted by Crippen LogP contribution is -2.35. The first-order valence-corrected chi connectivity index (χ1v) is 8.86. The van der Waals surface area contributed by atoms with E-state index in [1.807, 2.05) is 6.20 Å². The molecule has 0 atom stereocenters. The normalized spacial score (nSPS) is 17.9. The fraction of sp³-hybridized carbons (Fsp3) is 0.471. The second-order valence-electron chi connectivity index (χ2n) is 6.54. The van der Waals surface area contributed by atoms with Gasteiger partial charge in [0.2, 0.25) is 0 Å². The standard InChI is InChI=1S/C17H21N5OS/c23-16-13-11-21(8-5-14(13)19-17(24)20-16)10-12-3-4-15(18-9-12)22-6-1-2-7-22/h3-4,9H,1-2,5-8,10-11H2,(H2,19,20,23,24). The van der Waals surface area contributed by atoms with Gasteiger partial charge < -0.3 is 9.88 Å². The molecule has 2 aromatic rings. The van der Waals surface area contributed by atoms with Crippen LogP contribution in [-0.2, 0) is 19.5 Å². The van der Waals surface area contributed by atoms with E-state index in [1.165, 1.54) is 18.4 Å². The monoisotopic (exact) mass is 343 g/mol. The lowest BCUT2D eigenvalue weighted by Gasteiger charge is -2.27. The Morgan fingerprint density at radius 3 is 2.75 bits per heavy atom. The summed E-state index contributed by atoms with van der Waals surface area (Å²) in [5.74, 6) is 1.07. The number of aromatic nitrogens is 3. The zero-order valence-corrected chi connectivity index (χ0v) is 14.4. The van der Waals surface area contributed by atoms with Gasteiger partial charge in [-0.05, 0) is 36.7 Å². The van der Waals surface area contributed by atoms with Crippen molar-refractivity contribution in [2.24, 2.45) is 0 Å². The van der Waals surface area contributed by atoms with E-state index in [9.17, 15) is 4.79 Å². The third kappa shape index (κ3) is 3.14. The molecule has 0 aliphatic carbocycles. The molecule has 126 valence electrons. The van der Waals surface area contributed by atoms with E-state index in [4.69, 9.17) is 12.2 Å². The third-order valence-electron chi connectivity index (χ3n) is 4.83. The van der Waals surface area contributed by atoms with Crippen LogP contribution in [0.4, 0.5) is 5.82 Å². The van der Waals surface area contributed by atoms with Crippen LogP contribution in [0.2, 0.25) is 0 Å². The fourth-order valence-corrected chi connectivity index (χ4v) is 3.77. The maximum Gasteiger partial charge on any atom is 0.256 e. The van der Waals surface area contributed by atoms with E-state index in [2.05, 4.69) is 36.9 Å². The lowest BCUT2D eigenvalue weighted by atomic mass is 10.1. The quantitative estimate of drug-likeness (QED) is 0.834. The van der Waals surface area contributed by atoms with Gasteiger partial charge in [-0.2, -0.15) is 0 Å². The fourth-order valence-electron chi connectivity index (χ4n) is 3.55. The molecule has 2 aliphatic heterocycles. The Kier molecular flexibility index (Phi) is 4.20. The molecule has 24 heavy (non-hydrogen) atoms. The highest BCUT2D eigenvalue weighted by Crippen LogP contribution is 2.19. The van der Waals surface area contributed by atoms with Crippen LogP contribution >= 0.6 is 12.2 Å². The van der Waals surface area contributed by atoms with Gasteiger partial charge >= 0.3 is 0 Å². The van der Waals surface area contributed by atoms with Crippen LogP contribution in [0.5, 0.6) is 0 Å². The van der Waals surface area contributed by atoms with Crippen molar-refractivity contribution in [2.75, 3.05) is 24.5 Å². The van der Waals surface area contributed by atoms with E-state index in [-0.39, 0.29) is 5.56 Å². The number of pyridine rings is 1. The summed E-state index contributed by atoms with van der Waals surface area (Å²) in [7, 11) is 0. The number of H-pyrrole nitrogens is 2. The second kappa shape index (κ2) is 6.49. The largest absolute Gasteiger partial charge is 0.357 e. The minimum Gasteiger partial charge on any atom is -0.357 e. The smallest absolute Gasteiger partial charge is 0.256 e. The number of fused-ring (bicyclic) bond motifs is 1. The van der Waals surface area contributed by atoms with Crippen molar-refractivity contribution in [1.29, 1.82) is 0 Å². The van der Waals surface area contributed by atoms with E-state index >= 15 is 0 Å². The highest BCUT2D eigenvalue weighted by molar-refractivity contribution is 7.71. The topological polar surface area (TPSA) is 68.0 Å². The maximum atomic E-state index is 12.1. The Morgan fingerprint density at radius 2 is 2.00 bits per heavy atom. The van der Waals surface area contributed by atoms with Gasteiger partial charge in [0, 0.05) is 51.0 Å². The minimum atomic E-state index is -0.0686. The van der Waals surface area contributed by atoms with Crippen molar-refractivity contribution in [3.05, 3.63) is 50.3 Å². The Balaban J connectivity index is 1.46. The van der Waals surface area contributed by atoms with Crippen molar-refractivity contribution in [2.45, 2.75) is 32.4 Å². The first kappa shape index (κ1) is 15.5. The van der Waals surface area contributed by atoms with Crippen molar-refractivity contribution in [3.63, 3.8) is 0 Å². The Labute approximate surface area is 145 Å². The van der Waals surface area contributed by atoms with Crippen LogP contribution in [0.3, 0.4) is 0 Å². The number of anilines is 1. The van der Waals surface area contributed by atoms with Gasteiger partial charge in [-0.15, -0.1) is 0 Å².